The van der Waals surface area contributed by atoms with E-state index in [0.29, 0.717) is 11.0 Å². The summed E-state index contributed by atoms with van der Waals surface area (Å²) in [5, 5.41) is 0. The lowest BCUT2D eigenvalue weighted by Crippen LogP contribution is -2.39. The Morgan fingerprint density at radius 3 is 3.00 bits per heavy atom. The quantitative estimate of drug-likeness (QED) is 0.820. The number of benzene rings is 1. The van der Waals surface area contributed by atoms with Gasteiger partial charge in [-0.2, -0.15) is 0 Å². The highest BCUT2D eigenvalue weighted by Crippen LogP contribution is 2.22. The molecule has 1 saturated heterocycles. The number of hydrogen-bond acceptors (Lipinski definition) is 1. The van der Waals surface area contributed by atoms with E-state index in [1.54, 1.807) is 12.1 Å². The summed E-state index contributed by atoms with van der Waals surface area (Å²) in [5.41, 5.74) is 0.959. The van der Waals surface area contributed by atoms with Crippen LogP contribution in [0.4, 0.5) is 4.39 Å². The number of halogens is 2. The maximum atomic E-state index is 13.1. The van der Waals surface area contributed by atoms with Gasteiger partial charge < -0.3 is 4.90 Å². The lowest BCUT2D eigenvalue weighted by Gasteiger charge is -2.30. The van der Waals surface area contributed by atoms with Crippen LogP contribution >= 0.6 is 15.9 Å². The average Bonchev–Trinajstić information content (AvgIpc) is 2.30. The van der Waals surface area contributed by atoms with Crippen LogP contribution in [0.15, 0.2) is 22.7 Å². The second-order valence-electron chi connectivity index (χ2n) is 4.55. The molecular weight excluding hydrogens is 285 g/mol. The fraction of sp³-hybridized carbons (Fsp3) is 0.462. The zero-order valence-electron chi connectivity index (χ0n) is 9.75. The number of likely N-dealkylation sites (tertiary alicyclic amines) is 1. The first kappa shape index (κ1) is 12.6. The minimum Gasteiger partial charge on any atom is -0.338 e. The van der Waals surface area contributed by atoms with Gasteiger partial charge >= 0.3 is 0 Å². The lowest BCUT2D eigenvalue weighted by molar-refractivity contribution is -0.138. The number of rotatable bonds is 2. The van der Waals surface area contributed by atoms with Crippen LogP contribution in [0.5, 0.6) is 0 Å². The summed E-state index contributed by atoms with van der Waals surface area (Å²) in [5.74, 6) is 0.0522. The van der Waals surface area contributed by atoms with Crippen LogP contribution in [0.1, 0.15) is 25.3 Å². The van der Waals surface area contributed by atoms with Crippen molar-refractivity contribution in [3.8, 4) is 0 Å². The van der Waals surface area contributed by atoms with Crippen molar-refractivity contribution in [1.82, 2.24) is 4.90 Å². The molecule has 1 aliphatic rings. The Kier molecular flexibility index (Phi) is 3.82. The van der Waals surface area contributed by atoms with Crippen LogP contribution in [-0.2, 0) is 11.3 Å². The summed E-state index contributed by atoms with van der Waals surface area (Å²) >= 11 is 3.16. The zero-order chi connectivity index (χ0) is 12.4. The van der Waals surface area contributed by atoms with Gasteiger partial charge in [-0.3, -0.25) is 4.79 Å². The molecule has 0 bridgehead atoms. The van der Waals surface area contributed by atoms with Gasteiger partial charge in [0, 0.05) is 19.0 Å². The molecule has 1 heterocycles. The van der Waals surface area contributed by atoms with Gasteiger partial charge in [-0.15, -0.1) is 0 Å². The maximum Gasteiger partial charge on any atom is 0.225 e. The summed E-state index contributed by atoms with van der Waals surface area (Å²) in [6, 6.07) is 4.89. The molecule has 17 heavy (non-hydrogen) atoms. The van der Waals surface area contributed by atoms with Crippen LogP contribution in [0.3, 0.4) is 0 Å². The van der Waals surface area contributed by atoms with E-state index in [9.17, 15) is 9.18 Å². The van der Waals surface area contributed by atoms with Gasteiger partial charge in [0.05, 0.1) is 4.47 Å². The molecule has 4 heteroatoms. The summed E-state index contributed by atoms with van der Waals surface area (Å²) in [6.45, 7) is 3.34. The van der Waals surface area contributed by atoms with Gasteiger partial charge in [0.1, 0.15) is 5.82 Å². The topological polar surface area (TPSA) is 20.3 Å². The predicted molar refractivity (Wildman–Crippen MR) is 67.9 cm³/mol. The number of carbonyl (C=O) groups excluding carboxylic acids is 1. The Morgan fingerprint density at radius 1 is 1.53 bits per heavy atom. The Labute approximate surface area is 109 Å². The Morgan fingerprint density at radius 2 is 2.29 bits per heavy atom. The van der Waals surface area contributed by atoms with E-state index >= 15 is 0 Å². The third-order valence-electron chi connectivity index (χ3n) is 3.16. The standard InChI is InChI=1S/C13H15BrFNO/c1-9-3-2-6-16(13(9)17)8-10-4-5-12(15)11(14)7-10/h4-5,7,9H,2-3,6,8H2,1H3. The van der Waals surface area contributed by atoms with Crippen molar-refractivity contribution in [2.45, 2.75) is 26.3 Å². The molecule has 0 aliphatic carbocycles. The molecule has 1 aliphatic heterocycles. The molecule has 0 aromatic heterocycles. The van der Waals surface area contributed by atoms with Gasteiger partial charge in [0.2, 0.25) is 5.91 Å². The molecule has 1 atom stereocenters. The number of amides is 1. The molecule has 0 spiro atoms. The van der Waals surface area contributed by atoms with E-state index < -0.39 is 0 Å². The first-order valence-corrected chi connectivity index (χ1v) is 6.60. The van der Waals surface area contributed by atoms with Gasteiger partial charge in [0.25, 0.3) is 0 Å². The summed E-state index contributed by atoms with van der Waals surface area (Å²) in [4.78, 5) is 13.8. The minimum atomic E-state index is -0.271. The van der Waals surface area contributed by atoms with Gasteiger partial charge in [0.15, 0.2) is 0 Å². The molecule has 1 unspecified atom stereocenters. The summed E-state index contributed by atoms with van der Waals surface area (Å²) < 4.78 is 13.5. The van der Waals surface area contributed by atoms with Gasteiger partial charge in [-0.05, 0) is 46.5 Å². The van der Waals surface area contributed by atoms with E-state index in [-0.39, 0.29) is 17.6 Å². The van der Waals surface area contributed by atoms with Crippen molar-refractivity contribution in [1.29, 1.82) is 0 Å². The molecule has 1 aromatic carbocycles. The third-order valence-corrected chi connectivity index (χ3v) is 3.76. The molecule has 1 aromatic rings. The van der Waals surface area contributed by atoms with Crippen molar-refractivity contribution >= 4 is 21.8 Å². The fourth-order valence-corrected chi connectivity index (χ4v) is 2.58. The van der Waals surface area contributed by atoms with Crippen LogP contribution < -0.4 is 0 Å². The van der Waals surface area contributed by atoms with E-state index in [2.05, 4.69) is 15.9 Å². The third kappa shape index (κ3) is 2.86. The average molecular weight is 300 g/mol. The predicted octanol–water partition coefficient (Wildman–Crippen LogP) is 3.35. The second kappa shape index (κ2) is 5.17. The Bertz CT molecular complexity index is 435. The van der Waals surface area contributed by atoms with Crippen LogP contribution in [0.2, 0.25) is 0 Å². The van der Waals surface area contributed by atoms with E-state index in [0.717, 1.165) is 24.9 Å². The molecule has 92 valence electrons. The minimum absolute atomic E-state index is 0.118. The maximum absolute atomic E-state index is 13.1. The van der Waals surface area contributed by atoms with Crippen molar-refractivity contribution in [3.63, 3.8) is 0 Å². The van der Waals surface area contributed by atoms with Crippen molar-refractivity contribution in [2.24, 2.45) is 5.92 Å². The molecule has 0 radical (unpaired) electrons. The monoisotopic (exact) mass is 299 g/mol. The summed E-state index contributed by atoms with van der Waals surface area (Å²) in [6.07, 6.45) is 2.03. The highest BCUT2D eigenvalue weighted by atomic mass is 79.9. The fourth-order valence-electron chi connectivity index (χ4n) is 2.15. The van der Waals surface area contributed by atoms with Gasteiger partial charge in [-0.1, -0.05) is 13.0 Å². The second-order valence-corrected chi connectivity index (χ2v) is 5.41. The highest BCUT2D eigenvalue weighted by Gasteiger charge is 2.24. The van der Waals surface area contributed by atoms with E-state index in [4.69, 9.17) is 0 Å². The largest absolute Gasteiger partial charge is 0.338 e. The number of carbonyl (C=O) groups is 1. The van der Waals surface area contributed by atoms with Crippen LogP contribution in [0.25, 0.3) is 0 Å². The molecule has 1 amide bonds. The molecule has 0 N–H and O–H groups in total. The molecular formula is C13H15BrFNO. The molecule has 1 fully saturated rings. The first-order chi connectivity index (χ1) is 8.08. The Balaban J connectivity index is 2.09. The normalized spacial score (nSPS) is 20.8. The van der Waals surface area contributed by atoms with E-state index in [1.807, 2.05) is 11.8 Å². The number of nitrogens with zero attached hydrogens (tertiary/aromatic N) is 1. The number of hydrogen-bond donors (Lipinski definition) is 0. The Hall–Kier alpha value is -0.900. The first-order valence-electron chi connectivity index (χ1n) is 5.80. The zero-order valence-corrected chi connectivity index (χ0v) is 11.3. The lowest BCUT2D eigenvalue weighted by atomic mass is 9.99. The molecule has 2 rings (SSSR count). The van der Waals surface area contributed by atoms with Crippen molar-refractivity contribution in [2.75, 3.05) is 6.54 Å². The number of piperidine rings is 1. The van der Waals surface area contributed by atoms with Gasteiger partial charge in [-0.25, -0.2) is 4.39 Å². The molecule has 0 saturated carbocycles. The highest BCUT2D eigenvalue weighted by molar-refractivity contribution is 9.10. The molecule has 2 nitrogen and oxygen atoms in total. The van der Waals surface area contributed by atoms with Crippen molar-refractivity contribution in [3.05, 3.63) is 34.1 Å². The smallest absolute Gasteiger partial charge is 0.225 e. The van der Waals surface area contributed by atoms with Crippen molar-refractivity contribution < 1.29 is 9.18 Å². The summed E-state index contributed by atoms with van der Waals surface area (Å²) in [7, 11) is 0. The van der Waals surface area contributed by atoms with Crippen LogP contribution in [-0.4, -0.2) is 17.4 Å². The SMILES string of the molecule is CC1CCCN(Cc2ccc(F)c(Br)c2)C1=O. The van der Waals surface area contributed by atoms with Crippen LogP contribution in [0, 0.1) is 11.7 Å². The van der Waals surface area contributed by atoms with E-state index in [1.165, 1.54) is 6.07 Å².